The number of methoxy groups -OCH3 is 1. The fourth-order valence-electron chi connectivity index (χ4n) is 2.42. The molecule has 106 valence electrons. The summed E-state index contributed by atoms with van der Waals surface area (Å²) in [6, 6.07) is 0.389. The Kier molecular flexibility index (Phi) is 7.23. The molecule has 0 aromatic rings. The fourth-order valence-corrected chi connectivity index (χ4v) is 2.42. The number of esters is 1. The summed E-state index contributed by atoms with van der Waals surface area (Å²) < 4.78 is 9.91. The summed E-state index contributed by atoms with van der Waals surface area (Å²) in [5.74, 6) is -0.245. The smallest absolute Gasteiger partial charge is 0.319 e. The van der Waals surface area contributed by atoms with Crippen molar-refractivity contribution in [3.8, 4) is 0 Å². The lowest BCUT2D eigenvalue weighted by Crippen LogP contribution is -2.43. The van der Waals surface area contributed by atoms with Crippen molar-refractivity contribution in [3.63, 3.8) is 0 Å². The van der Waals surface area contributed by atoms with Crippen molar-refractivity contribution in [3.05, 3.63) is 0 Å². The van der Waals surface area contributed by atoms with Crippen molar-refractivity contribution in [1.29, 1.82) is 0 Å². The molecule has 0 aliphatic heterocycles. The minimum absolute atomic E-state index is 0.245. The van der Waals surface area contributed by atoms with Crippen LogP contribution in [0.25, 0.3) is 0 Å². The standard InChI is InChI=1S/C13H25NO4/c1-3-18-10-12(15)8-14(9-13(16)17-2)11-6-4-5-7-11/h11-12,15H,3-10H2,1-2H3. The monoisotopic (exact) mass is 259 g/mol. The second kappa shape index (κ2) is 8.45. The van der Waals surface area contributed by atoms with Gasteiger partial charge in [0.25, 0.3) is 0 Å². The van der Waals surface area contributed by atoms with Crippen LogP contribution in [0.1, 0.15) is 32.6 Å². The van der Waals surface area contributed by atoms with Crippen LogP contribution in [0.2, 0.25) is 0 Å². The minimum atomic E-state index is -0.546. The van der Waals surface area contributed by atoms with Crippen LogP contribution in [-0.2, 0) is 14.3 Å². The Labute approximate surface area is 109 Å². The highest BCUT2D eigenvalue weighted by Crippen LogP contribution is 2.23. The molecule has 1 saturated carbocycles. The molecule has 5 heteroatoms. The summed E-state index contributed by atoms with van der Waals surface area (Å²) in [6.45, 7) is 3.54. The van der Waals surface area contributed by atoms with Crippen molar-refractivity contribution in [2.24, 2.45) is 0 Å². The molecule has 0 amide bonds. The van der Waals surface area contributed by atoms with Gasteiger partial charge in [0.1, 0.15) is 0 Å². The molecular weight excluding hydrogens is 234 g/mol. The molecular formula is C13H25NO4. The molecule has 1 N–H and O–H groups in total. The first-order valence-corrected chi connectivity index (χ1v) is 6.74. The first-order chi connectivity index (χ1) is 8.67. The van der Waals surface area contributed by atoms with Gasteiger partial charge in [0.05, 0.1) is 26.4 Å². The fraction of sp³-hybridized carbons (Fsp3) is 0.923. The van der Waals surface area contributed by atoms with E-state index in [0.29, 0.717) is 25.8 Å². The molecule has 1 atom stereocenters. The van der Waals surface area contributed by atoms with E-state index in [-0.39, 0.29) is 12.5 Å². The normalized spacial score (nSPS) is 18.2. The van der Waals surface area contributed by atoms with Crippen LogP contribution in [0.3, 0.4) is 0 Å². The van der Waals surface area contributed by atoms with Crippen molar-refractivity contribution >= 4 is 5.97 Å². The van der Waals surface area contributed by atoms with Gasteiger partial charge in [-0.1, -0.05) is 12.8 Å². The number of carbonyl (C=O) groups is 1. The highest BCUT2D eigenvalue weighted by Gasteiger charge is 2.26. The van der Waals surface area contributed by atoms with Crippen molar-refractivity contribution in [2.75, 3.05) is 33.4 Å². The number of hydrogen-bond donors (Lipinski definition) is 1. The molecule has 5 nitrogen and oxygen atoms in total. The highest BCUT2D eigenvalue weighted by atomic mass is 16.5. The largest absolute Gasteiger partial charge is 0.468 e. The Balaban J connectivity index is 2.45. The van der Waals surface area contributed by atoms with Gasteiger partial charge in [0, 0.05) is 19.2 Å². The minimum Gasteiger partial charge on any atom is -0.468 e. The van der Waals surface area contributed by atoms with Crippen LogP contribution in [0.4, 0.5) is 0 Å². The Morgan fingerprint density at radius 3 is 2.67 bits per heavy atom. The quantitative estimate of drug-likeness (QED) is 0.653. The first-order valence-electron chi connectivity index (χ1n) is 6.74. The number of rotatable bonds is 8. The summed E-state index contributed by atoms with van der Waals surface area (Å²) in [4.78, 5) is 13.4. The number of aliphatic hydroxyl groups is 1. The summed E-state index contributed by atoms with van der Waals surface area (Å²) in [7, 11) is 1.39. The lowest BCUT2D eigenvalue weighted by molar-refractivity contribution is -0.143. The number of aliphatic hydroxyl groups excluding tert-OH is 1. The van der Waals surface area contributed by atoms with E-state index in [1.165, 1.54) is 20.0 Å². The molecule has 0 saturated heterocycles. The zero-order valence-corrected chi connectivity index (χ0v) is 11.4. The molecule has 0 heterocycles. The molecule has 0 spiro atoms. The number of carbonyl (C=O) groups excluding carboxylic acids is 1. The van der Waals surface area contributed by atoms with E-state index in [0.717, 1.165) is 12.8 Å². The van der Waals surface area contributed by atoms with Gasteiger partial charge < -0.3 is 14.6 Å². The van der Waals surface area contributed by atoms with Crippen LogP contribution in [0.5, 0.6) is 0 Å². The topological polar surface area (TPSA) is 59.0 Å². The molecule has 18 heavy (non-hydrogen) atoms. The predicted molar refractivity (Wildman–Crippen MR) is 68.3 cm³/mol. The maximum absolute atomic E-state index is 11.4. The number of hydrogen-bond acceptors (Lipinski definition) is 5. The van der Waals surface area contributed by atoms with E-state index in [9.17, 15) is 9.90 Å². The molecule has 1 unspecified atom stereocenters. The summed E-state index contributed by atoms with van der Waals surface area (Å²) in [5, 5.41) is 9.88. The average Bonchev–Trinajstić information content (AvgIpc) is 2.89. The van der Waals surface area contributed by atoms with Gasteiger partial charge >= 0.3 is 5.97 Å². The second-order valence-corrected chi connectivity index (χ2v) is 4.76. The maximum Gasteiger partial charge on any atom is 0.319 e. The Morgan fingerprint density at radius 1 is 1.44 bits per heavy atom. The third-order valence-electron chi connectivity index (χ3n) is 3.36. The summed E-state index contributed by atoms with van der Waals surface area (Å²) >= 11 is 0. The zero-order valence-electron chi connectivity index (χ0n) is 11.4. The van der Waals surface area contributed by atoms with Gasteiger partial charge in [-0.05, 0) is 19.8 Å². The van der Waals surface area contributed by atoms with E-state index >= 15 is 0 Å². The van der Waals surface area contributed by atoms with Gasteiger partial charge in [-0.25, -0.2) is 0 Å². The third-order valence-corrected chi connectivity index (χ3v) is 3.36. The first kappa shape index (κ1) is 15.4. The van der Waals surface area contributed by atoms with Gasteiger partial charge in [0.15, 0.2) is 0 Å². The molecule has 0 radical (unpaired) electrons. The summed E-state index contributed by atoms with van der Waals surface area (Å²) in [6.07, 6.45) is 4.04. The van der Waals surface area contributed by atoms with E-state index in [1.54, 1.807) is 0 Å². The zero-order chi connectivity index (χ0) is 13.4. The second-order valence-electron chi connectivity index (χ2n) is 4.76. The summed E-state index contributed by atoms with van der Waals surface area (Å²) in [5.41, 5.74) is 0. The van der Waals surface area contributed by atoms with Crippen LogP contribution >= 0.6 is 0 Å². The van der Waals surface area contributed by atoms with E-state index in [1.807, 2.05) is 11.8 Å². The van der Waals surface area contributed by atoms with E-state index < -0.39 is 6.10 Å². The predicted octanol–water partition coefficient (Wildman–Crippen LogP) is 0.801. The molecule has 1 aliphatic carbocycles. The van der Waals surface area contributed by atoms with Gasteiger partial charge in [0.2, 0.25) is 0 Å². The molecule has 0 aromatic carbocycles. The van der Waals surface area contributed by atoms with Crippen LogP contribution < -0.4 is 0 Å². The molecule has 1 aliphatic rings. The molecule has 0 aromatic heterocycles. The van der Waals surface area contributed by atoms with E-state index in [2.05, 4.69) is 0 Å². The van der Waals surface area contributed by atoms with Crippen LogP contribution in [0.15, 0.2) is 0 Å². The Hall–Kier alpha value is -0.650. The molecule has 1 rings (SSSR count). The lowest BCUT2D eigenvalue weighted by atomic mass is 10.2. The number of nitrogens with zero attached hydrogens (tertiary/aromatic N) is 1. The highest BCUT2D eigenvalue weighted by molar-refractivity contribution is 5.71. The van der Waals surface area contributed by atoms with Crippen molar-refractivity contribution < 1.29 is 19.4 Å². The van der Waals surface area contributed by atoms with Gasteiger partial charge in [-0.2, -0.15) is 0 Å². The lowest BCUT2D eigenvalue weighted by Gasteiger charge is -2.29. The Bertz CT molecular complexity index is 241. The molecule has 0 bridgehead atoms. The van der Waals surface area contributed by atoms with Crippen molar-refractivity contribution in [1.82, 2.24) is 4.90 Å². The Morgan fingerprint density at radius 2 is 2.11 bits per heavy atom. The van der Waals surface area contributed by atoms with Crippen molar-refractivity contribution in [2.45, 2.75) is 44.8 Å². The molecule has 1 fully saturated rings. The van der Waals surface area contributed by atoms with Gasteiger partial charge in [-0.3, -0.25) is 9.69 Å². The van der Waals surface area contributed by atoms with E-state index in [4.69, 9.17) is 9.47 Å². The number of ether oxygens (including phenoxy) is 2. The maximum atomic E-state index is 11.4. The van der Waals surface area contributed by atoms with Crippen LogP contribution in [-0.4, -0.2) is 61.5 Å². The van der Waals surface area contributed by atoms with Crippen LogP contribution in [0, 0.1) is 0 Å². The SMILES string of the molecule is CCOCC(O)CN(CC(=O)OC)C1CCCC1. The average molecular weight is 259 g/mol. The van der Waals surface area contributed by atoms with Gasteiger partial charge in [-0.15, -0.1) is 0 Å². The third kappa shape index (κ3) is 5.33.